The van der Waals surface area contributed by atoms with Gasteiger partial charge in [0.1, 0.15) is 0 Å². The van der Waals surface area contributed by atoms with Crippen molar-refractivity contribution in [2.45, 2.75) is 20.3 Å². The predicted molar refractivity (Wildman–Crippen MR) is 108 cm³/mol. The number of fused-ring (bicyclic) bond motifs is 1. The van der Waals surface area contributed by atoms with Crippen LogP contribution in [0.3, 0.4) is 0 Å². The molecule has 5 nitrogen and oxygen atoms in total. The number of nitrogens with zero attached hydrogens (tertiary/aromatic N) is 3. The number of benzene rings is 2. The summed E-state index contributed by atoms with van der Waals surface area (Å²) in [5.74, 6) is 0.673. The molecule has 2 aromatic heterocycles. The molecule has 0 spiro atoms. The van der Waals surface area contributed by atoms with E-state index in [9.17, 15) is 4.79 Å². The Morgan fingerprint density at radius 2 is 1.70 bits per heavy atom. The van der Waals surface area contributed by atoms with Gasteiger partial charge in [-0.25, -0.2) is 4.52 Å². The van der Waals surface area contributed by atoms with Crippen LogP contribution in [0.15, 0.2) is 53.9 Å². The monoisotopic (exact) mass is 376 g/mol. The molecule has 0 radical (unpaired) electrons. The molecule has 0 aliphatic rings. The van der Waals surface area contributed by atoms with Crippen LogP contribution >= 0.6 is 11.3 Å². The Kier molecular flexibility index (Phi) is 4.73. The number of amides is 1. The third-order valence-corrected chi connectivity index (χ3v) is 5.31. The molecule has 4 rings (SSSR count). The van der Waals surface area contributed by atoms with Crippen LogP contribution in [0.25, 0.3) is 16.3 Å². The highest BCUT2D eigenvalue weighted by Gasteiger charge is 2.12. The van der Waals surface area contributed by atoms with Gasteiger partial charge in [-0.15, -0.1) is 16.4 Å². The molecule has 2 heterocycles. The van der Waals surface area contributed by atoms with E-state index in [-0.39, 0.29) is 5.91 Å². The summed E-state index contributed by atoms with van der Waals surface area (Å²) in [6.07, 6.45) is 0.703. The van der Waals surface area contributed by atoms with Gasteiger partial charge in [-0.05, 0) is 26.0 Å². The predicted octanol–water partition coefficient (Wildman–Crippen LogP) is 4.05. The van der Waals surface area contributed by atoms with E-state index < -0.39 is 0 Å². The van der Waals surface area contributed by atoms with E-state index in [0.29, 0.717) is 18.5 Å². The molecule has 6 heteroatoms. The number of nitrogens with one attached hydrogen (secondary N) is 1. The van der Waals surface area contributed by atoms with Crippen LogP contribution in [-0.2, 0) is 6.42 Å². The number of hydrogen-bond donors (Lipinski definition) is 1. The zero-order valence-corrected chi connectivity index (χ0v) is 16.1. The summed E-state index contributed by atoms with van der Waals surface area (Å²) in [5.41, 5.74) is 5.09. The minimum atomic E-state index is -0.0552. The number of aromatic nitrogens is 3. The SMILES string of the molecule is Cc1ccc(C(=O)NCCc2csc3nc(-c4ccc(C)cc4)nn23)cc1. The maximum atomic E-state index is 12.2. The first-order valence-corrected chi connectivity index (χ1v) is 9.73. The minimum absolute atomic E-state index is 0.0552. The first kappa shape index (κ1) is 17.4. The van der Waals surface area contributed by atoms with Gasteiger partial charge < -0.3 is 5.32 Å². The van der Waals surface area contributed by atoms with Crippen molar-refractivity contribution in [3.8, 4) is 11.4 Å². The Labute approximate surface area is 161 Å². The quantitative estimate of drug-likeness (QED) is 0.572. The topological polar surface area (TPSA) is 59.3 Å². The molecule has 0 aliphatic carbocycles. The van der Waals surface area contributed by atoms with E-state index in [1.807, 2.05) is 53.2 Å². The average Bonchev–Trinajstić information content (AvgIpc) is 3.24. The van der Waals surface area contributed by atoms with Crippen molar-refractivity contribution in [1.29, 1.82) is 0 Å². The number of hydrogen-bond acceptors (Lipinski definition) is 4. The zero-order chi connectivity index (χ0) is 18.8. The van der Waals surface area contributed by atoms with Crippen LogP contribution in [-0.4, -0.2) is 27.0 Å². The lowest BCUT2D eigenvalue weighted by atomic mass is 10.1. The third-order valence-electron chi connectivity index (χ3n) is 4.44. The molecule has 0 bridgehead atoms. The van der Waals surface area contributed by atoms with E-state index in [4.69, 9.17) is 0 Å². The fourth-order valence-corrected chi connectivity index (χ4v) is 3.69. The summed E-state index contributed by atoms with van der Waals surface area (Å²) in [6, 6.07) is 15.8. The molecule has 27 heavy (non-hydrogen) atoms. The molecule has 136 valence electrons. The molecule has 1 amide bonds. The number of aryl methyl sites for hydroxylation is 2. The first-order chi connectivity index (χ1) is 13.1. The van der Waals surface area contributed by atoms with Crippen molar-refractivity contribution in [2.24, 2.45) is 0 Å². The van der Waals surface area contributed by atoms with Gasteiger partial charge in [0.15, 0.2) is 5.82 Å². The van der Waals surface area contributed by atoms with Crippen molar-refractivity contribution in [3.63, 3.8) is 0 Å². The van der Waals surface area contributed by atoms with Gasteiger partial charge in [-0.1, -0.05) is 47.5 Å². The van der Waals surface area contributed by atoms with Crippen LogP contribution in [0.4, 0.5) is 0 Å². The molecule has 1 N–H and O–H groups in total. The lowest BCUT2D eigenvalue weighted by Gasteiger charge is -2.05. The Bertz CT molecular complexity index is 1080. The lowest BCUT2D eigenvalue weighted by molar-refractivity contribution is 0.0954. The van der Waals surface area contributed by atoms with E-state index in [1.165, 1.54) is 5.56 Å². The van der Waals surface area contributed by atoms with Gasteiger partial charge in [-0.2, -0.15) is 4.98 Å². The molecule has 0 saturated heterocycles. The van der Waals surface area contributed by atoms with Crippen LogP contribution in [0.1, 0.15) is 27.2 Å². The molecule has 4 aromatic rings. The van der Waals surface area contributed by atoms with E-state index in [1.54, 1.807) is 11.3 Å². The fourth-order valence-electron chi connectivity index (χ4n) is 2.83. The molecule has 0 aliphatic heterocycles. The van der Waals surface area contributed by atoms with Gasteiger partial charge in [-0.3, -0.25) is 4.79 Å². The smallest absolute Gasteiger partial charge is 0.251 e. The van der Waals surface area contributed by atoms with Gasteiger partial charge >= 0.3 is 0 Å². The van der Waals surface area contributed by atoms with Crippen LogP contribution in [0.5, 0.6) is 0 Å². The largest absolute Gasteiger partial charge is 0.352 e. The van der Waals surface area contributed by atoms with Gasteiger partial charge in [0.2, 0.25) is 4.96 Å². The highest BCUT2D eigenvalue weighted by molar-refractivity contribution is 7.15. The minimum Gasteiger partial charge on any atom is -0.352 e. The molecular weight excluding hydrogens is 356 g/mol. The highest BCUT2D eigenvalue weighted by Crippen LogP contribution is 2.21. The fraction of sp³-hybridized carbons (Fsp3) is 0.190. The second kappa shape index (κ2) is 7.32. The zero-order valence-electron chi connectivity index (χ0n) is 15.3. The van der Waals surface area contributed by atoms with Crippen LogP contribution in [0, 0.1) is 13.8 Å². The Morgan fingerprint density at radius 1 is 1.04 bits per heavy atom. The maximum Gasteiger partial charge on any atom is 0.251 e. The van der Waals surface area contributed by atoms with Crippen molar-refractivity contribution < 1.29 is 4.79 Å². The van der Waals surface area contributed by atoms with Crippen LogP contribution < -0.4 is 5.32 Å². The number of rotatable bonds is 5. The molecule has 0 atom stereocenters. The summed E-state index contributed by atoms with van der Waals surface area (Å²) < 4.78 is 1.87. The van der Waals surface area contributed by atoms with Crippen molar-refractivity contribution in [1.82, 2.24) is 19.9 Å². The van der Waals surface area contributed by atoms with E-state index in [0.717, 1.165) is 27.6 Å². The average molecular weight is 376 g/mol. The molecule has 0 fully saturated rings. The van der Waals surface area contributed by atoms with Crippen LogP contribution in [0.2, 0.25) is 0 Å². The normalized spacial score (nSPS) is 11.0. The summed E-state index contributed by atoms with van der Waals surface area (Å²) in [7, 11) is 0. The summed E-state index contributed by atoms with van der Waals surface area (Å²) in [5, 5.41) is 9.66. The summed E-state index contributed by atoms with van der Waals surface area (Å²) in [6.45, 7) is 4.62. The second-order valence-electron chi connectivity index (χ2n) is 6.59. The van der Waals surface area contributed by atoms with Gasteiger partial charge in [0, 0.05) is 29.5 Å². The second-order valence-corrected chi connectivity index (χ2v) is 7.43. The summed E-state index contributed by atoms with van der Waals surface area (Å²) in [4.78, 5) is 17.7. The number of carbonyl (C=O) groups excluding carboxylic acids is 1. The highest BCUT2D eigenvalue weighted by atomic mass is 32.1. The Balaban J connectivity index is 1.44. The third kappa shape index (κ3) is 3.75. The number of thiazole rings is 1. The lowest BCUT2D eigenvalue weighted by Crippen LogP contribution is -2.25. The number of carbonyl (C=O) groups is 1. The van der Waals surface area contributed by atoms with E-state index in [2.05, 4.69) is 34.5 Å². The Hall–Kier alpha value is -2.99. The van der Waals surface area contributed by atoms with Crippen molar-refractivity contribution in [2.75, 3.05) is 6.54 Å². The molecule has 0 unspecified atom stereocenters. The van der Waals surface area contributed by atoms with Crippen molar-refractivity contribution >= 4 is 22.2 Å². The maximum absolute atomic E-state index is 12.2. The van der Waals surface area contributed by atoms with Gasteiger partial charge in [0.25, 0.3) is 5.91 Å². The van der Waals surface area contributed by atoms with Gasteiger partial charge in [0.05, 0.1) is 5.69 Å². The van der Waals surface area contributed by atoms with E-state index >= 15 is 0 Å². The summed E-state index contributed by atoms with van der Waals surface area (Å²) >= 11 is 1.57. The molecule has 0 saturated carbocycles. The van der Waals surface area contributed by atoms with Crippen molar-refractivity contribution in [3.05, 3.63) is 76.3 Å². The Morgan fingerprint density at radius 3 is 2.41 bits per heavy atom. The molecular formula is C21H20N4OS. The first-order valence-electron chi connectivity index (χ1n) is 8.85. The molecule has 2 aromatic carbocycles. The standard InChI is InChI=1S/C21H20N4OS/c1-14-3-7-16(8-4-14)19-23-21-25(24-19)18(13-27-21)11-12-22-20(26)17-9-5-15(2)6-10-17/h3-10,13H,11-12H2,1-2H3,(H,22,26).